The summed E-state index contributed by atoms with van der Waals surface area (Å²) in [5.41, 5.74) is 2.70. The van der Waals surface area contributed by atoms with Crippen LogP contribution in [0, 0.1) is 6.92 Å². The van der Waals surface area contributed by atoms with Crippen LogP contribution in [-0.2, 0) is 13.0 Å². The molecule has 1 aliphatic heterocycles. The van der Waals surface area contributed by atoms with Crippen LogP contribution in [-0.4, -0.2) is 15.5 Å². The number of hydrogen-bond donors (Lipinski definition) is 1. The van der Waals surface area contributed by atoms with Crippen LogP contribution in [0.15, 0.2) is 29.1 Å². The van der Waals surface area contributed by atoms with Crippen molar-refractivity contribution in [2.24, 2.45) is 0 Å². The number of carbonyl (C=O) groups is 1. The molecule has 1 N–H and O–H groups in total. The average molecular weight is 382 g/mol. The van der Waals surface area contributed by atoms with Gasteiger partial charge in [-0.25, -0.2) is 4.98 Å². The molecule has 0 bridgehead atoms. The number of aryl methyl sites for hydroxylation is 2. The highest BCUT2D eigenvalue weighted by molar-refractivity contribution is 7.20. The molecule has 5 nitrogen and oxygen atoms in total. The molecule has 140 valence electrons. The van der Waals surface area contributed by atoms with Gasteiger partial charge in [0.2, 0.25) is 0 Å². The maximum Gasteiger partial charge on any atom is 0.266 e. The van der Waals surface area contributed by atoms with Crippen molar-refractivity contribution in [1.82, 2.24) is 9.55 Å². The second-order valence-electron chi connectivity index (χ2n) is 7.41. The number of benzene rings is 1. The van der Waals surface area contributed by atoms with Crippen molar-refractivity contribution in [3.05, 3.63) is 56.4 Å². The van der Waals surface area contributed by atoms with Crippen molar-refractivity contribution in [2.45, 2.75) is 52.5 Å². The molecule has 6 heteroatoms. The lowest BCUT2D eigenvalue weighted by molar-refractivity contribution is 0.103. The molecule has 0 aliphatic carbocycles. The Balaban J connectivity index is 1.69. The van der Waals surface area contributed by atoms with E-state index in [4.69, 9.17) is 0 Å². The van der Waals surface area contributed by atoms with Crippen LogP contribution < -0.4 is 10.9 Å². The molecule has 1 amide bonds. The fourth-order valence-corrected chi connectivity index (χ4v) is 4.67. The van der Waals surface area contributed by atoms with Crippen LogP contribution in [0.4, 0.5) is 5.69 Å². The van der Waals surface area contributed by atoms with E-state index in [1.54, 1.807) is 4.57 Å². The molecule has 2 aromatic heterocycles. The van der Waals surface area contributed by atoms with Gasteiger partial charge in [-0.3, -0.25) is 14.2 Å². The standard InChI is InChI=1S/C21H23N3O2S/c1-12(2)14-7-9-15(10-8-14)22-19(25)18-13(3)17-20(27-18)23-16-6-4-5-11-24(16)21(17)26/h7-10,12H,4-6,11H2,1-3H3,(H,22,25). The third kappa shape index (κ3) is 3.18. The van der Waals surface area contributed by atoms with Gasteiger partial charge in [-0.15, -0.1) is 11.3 Å². The molecule has 1 aromatic carbocycles. The van der Waals surface area contributed by atoms with E-state index in [9.17, 15) is 9.59 Å². The highest BCUT2D eigenvalue weighted by Crippen LogP contribution is 2.29. The SMILES string of the molecule is Cc1c(C(=O)Nc2ccc(C(C)C)cc2)sc2nc3n(c(=O)c12)CCCC3. The van der Waals surface area contributed by atoms with Gasteiger partial charge in [0.05, 0.1) is 10.3 Å². The largest absolute Gasteiger partial charge is 0.321 e. The second-order valence-corrected chi connectivity index (χ2v) is 8.41. The molecular weight excluding hydrogens is 358 g/mol. The molecule has 3 aromatic rings. The number of nitrogens with one attached hydrogen (secondary N) is 1. The predicted molar refractivity (Wildman–Crippen MR) is 110 cm³/mol. The van der Waals surface area contributed by atoms with Gasteiger partial charge >= 0.3 is 0 Å². The number of hydrogen-bond acceptors (Lipinski definition) is 4. The van der Waals surface area contributed by atoms with E-state index in [0.717, 1.165) is 42.9 Å². The van der Waals surface area contributed by atoms with Crippen LogP contribution in [0.1, 0.15) is 59.2 Å². The maximum atomic E-state index is 12.9. The summed E-state index contributed by atoms with van der Waals surface area (Å²) < 4.78 is 1.78. The Morgan fingerprint density at radius 3 is 2.67 bits per heavy atom. The summed E-state index contributed by atoms with van der Waals surface area (Å²) in [6.45, 7) is 6.84. The first-order valence-corrected chi connectivity index (χ1v) is 10.2. The highest BCUT2D eigenvalue weighted by Gasteiger charge is 2.22. The summed E-state index contributed by atoms with van der Waals surface area (Å²) >= 11 is 1.31. The fourth-order valence-electron chi connectivity index (χ4n) is 3.59. The summed E-state index contributed by atoms with van der Waals surface area (Å²) in [5, 5.41) is 3.54. The highest BCUT2D eigenvalue weighted by atomic mass is 32.1. The smallest absolute Gasteiger partial charge is 0.266 e. The molecule has 0 saturated carbocycles. The normalized spacial score (nSPS) is 13.8. The summed E-state index contributed by atoms with van der Waals surface area (Å²) in [6.07, 6.45) is 2.89. The first kappa shape index (κ1) is 17.9. The van der Waals surface area contributed by atoms with E-state index in [1.807, 2.05) is 31.2 Å². The van der Waals surface area contributed by atoms with Gasteiger partial charge in [0.25, 0.3) is 11.5 Å². The van der Waals surface area contributed by atoms with Gasteiger partial charge in [-0.2, -0.15) is 0 Å². The number of carbonyl (C=O) groups excluding carboxylic acids is 1. The van der Waals surface area contributed by atoms with E-state index < -0.39 is 0 Å². The summed E-state index contributed by atoms with van der Waals surface area (Å²) in [6, 6.07) is 7.89. The van der Waals surface area contributed by atoms with Crippen molar-refractivity contribution < 1.29 is 4.79 Å². The minimum atomic E-state index is -0.185. The molecule has 3 heterocycles. The Kier molecular flexibility index (Phi) is 4.60. The van der Waals surface area contributed by atoms with E-state index in [-0.39, 0.29) is 11.5 Å². The number of fused-ring (bicyclic) bond motifs is 2. The van der Waals surface area contributed by atoms with E-state index in [2.05, 4.69) is 24.1 Å². The van der Waals surface area contributed by atoms with Gasteiger partial charge in [0.1, 0.15) is 10.7 Å². The Morgan fingerprint density at radius 1 is 1.22 bits per heavy atom. The topological polar surface area (TPSA) is 64.0 Å². The van der Waals surface area contributed by atoms with E-state index in [0.29, 0.717) is 21.0 Å². The molecule has 0 atom stereocenters. The Bertz CT molecular complexity index is 1080. The van der Waals surface area contributed by atoms with Crippen molar-refractivity contribution in [1.29, 1.82) is 0 Å². The predicted octanol–water partition coefficient (Wildman–Crippen LogP) is 4.48. The fraction of sp³-hybridized carbons (Fsp3) is 0.381. The lowest BCUT2D eigenvalue weighted by atomic mass is 10.0. The summed E-state index contributed by atoms with van der Waals surface area (Å²) in [4.78, 5) is 31.6. The molecule has 0 spiro atoms. The van der Waals surface area contributed by atoms with Gasteiger partial charge < -0.3 is 5.32 Å². The number of nitrogens with zero attached hydrogens (tertiary/aromatic N) is 2. The zero-order valence-corrected chi connectivity index (χ0v) is 16.7. The number of amides is 1. The number of anilines is 1. The zero-order chi connectivity index (χ0) is 19.1. The van der Waals surface area contributed by atoms with Gasteiger partial charge in [-0.1, -0.05) is 26.0 Å². The van der Waals surface area contributed by atoms with Crippen molar-refractivity contribution in [2.75, 3.05) is 5.32 Å². The first-order chi connectivity index (χ1) is 13.0. The van der Waals surface area contributed by atoms with Crippen molar-refractivity contribution in [3.8, 4) is 0 Å². The molecule has 1 aliphatic rings. The average Bonchev–Trinajstić information content (AvgIpc) is 2.99. The van der Waals surface area contributed by atoms with Crippen LogP contribution in [0.5, 0.6) is 0 Å². The zero-order valence-electron chi connectivity index (χ0n) is 15.8. The summed E-state index contributed by atoms with van der Waals surface area (Å²) in [7, 11) is 0. The van der Waals surface area contributed by atoms with Crippen LogP contribution >= 0.6 is 11.3 Å². The number of aromatic nitrogens is 2. The Hall–Kier alpha value is -2.47. The van der Waals surface area contributed by atoms with Gasteiger partial charge in [0, 0.05) is 18.7 Å². The van der Waals surface area contributed by atoms with Crippen LogP contribution in [0.3, 0.4) is 0 Å². The minimum Gasteiger partial charge on any atom is -0.321 e. The molecule has 0 unspecified atom stereocenters. The van der Waals surface area contributed by atoms with E-state index >= 15 is 0 Å². The minimum absolute atomic E-state index is 0.0104. The first-order valence-electron chi connectivity index (χ1n) is 9.40. The Labute approximate surface area is 162 Å². The molecule has 27 heavy (non-hydrogen) atoms. The van der Waals surface area contributed by atoms with Gasteiger partial charge in [0.15, 0.2) is 0 Å². The summed E-state index contributed by atoms with van der Waals surface area (Å²) in [5.74, 6) is 1.11. The lowest BCUT2D eigenvalue weighted by Crippen LogP contribution is -2.28. The monoisotopic (exact) mass is 381 g/mol. The lowest BCUT2D eigenvalue weighted by Gasteiger charge is -2.16. The van der Waals surface area contributed by atoms with Crippen molar-refractivity contribution in [3.63, 3.8) is 0 Å². The molecule has 0 fully saturated rings. The number of rotatable bonds is 3. The van der Waals surface area contributed by atoms with E-state index in [1.165, 1.54) is 16.9 Å². The van der Waals surface area contributed by atoms with Crippen molar-refractivity contribution >= 4 is 33.1 Å². The van der Waals surface area contributed by atoms with Crippen LogP contribution in [0.25, 0.3) is 10.2 Å². The molecule has 4 rings (SSSR count). The second kappa shape index (κ2) is 6.93. The molecular formula is C21H23N3O2S. The van der Waals surface area contributed by atoms with Crippen LogP contribution in [0.2, 0.25) is 0 Å². The quantitative estimate of drug-likeness (QED) is 0.728. The molecule has 0 radical (unpaired) electrons. The third-order valence-corrected chi connectivity index (χ3v) is 6.39. The maximum absolute atomic E-state index is 12.9. The Morgan fingerprint density at radius 2 is 1.96 bits per heavy atom. The molecule has 0 saturated heterocycles. The third-order valence-electron chi connectivity index (χ3n) is 5.20. The number of thiophene rings is 1. The van der Waals surface area contributed by atoms with Gasteiger partial charge in [-0.05, 0) is 48.9 Å².